The van der Waals surface area contributed by atoms with Crippen molar-refractivity contribution >= 4 is 29.1 Å². The highest BCUT2D eigenvalue weighted by Gasteiger charge is 2.11. The van der Waals surface area contributed by atoms with Crippen molar-refractivity contribution in [3.8, 4) is 11.4 Å². The van der Waals surface area contributed by atoms with Crippen LogP contribution in [0.5, 0.6) is 0 Å². The first-order valence-electron chi connectivity index (χ1n) is 8.34. The van der Waals surface area contributed by atoms with Crippen LogP contribution in [0.15, 0.2) is 48.7 Å². The summed E-state index contributed by atoms with van der Waals surface area (Å²) in [5.41, 5.74) is 1.59. The van der Waals surface area contributed by atoms with Gasteiger partial charge in [-0.25, -0.2) is 9.37 Å². The third-order valence-electron chi connectivity index (χ3n) is 3.83. The highest BCUT2D eigenvalue weighted by atomic mass is 35.5. The summed E-state index contributed by atoms with van der Waals surface area (Å²) in [7, 11) is 0. The van der Waals surface area contributed by atoms with Crippen LogP contribution in [0.1, 0.15) is 20.3 Å². The van der Waals surface area contributed by atoms with E-state index in [1.54, 1.807) is 12.3 Å². The van der Waals surface area contributed by atoms with Gasteiger partial charge in [-0.3, -0.25) is 4.98 Å². The normalized spacial score (nSPS) is 11.8. The Bertz CT molecular complexity index is 888. The first-order chi connectivity index (χ1) is 12.5. The minimum absolute atomic E-state index is 0.199. The summed E-state index contributed by atoms with van der Waals surface area (Å²) >= 11 is 5.97. The molecule has 0 saturated carbocycles. The van der Waals surface area contributed by atoms with Crippen molar-refractivity contribution in [2.24, 2.45) is 0 Å². The molecule has 0 spiro atoms. The summed E-state index contributed by atoms with van der Waals surface area (Å²) in [4.78, 5) is 13.3. The van der Waals surface area contributed by atoms with Crippen LogP contribution in [-0.2, 0) is 0 Å². The van der Waals surface area contributed by atoms with E-state index in [2.05, 4.69) is 32.5 Å². The smallest absolute Gasteiger partial charge is 0.225 e. The zero-order chi connectivity index (χ0) is 18.5. The van der Waals surface area contributed by atoms with E-state index in [-0.39, 0.29) is 11.7 Å². The van der Waals surface area contributed by atoms with Gasteiger partial charge in [-0.15, -0.1) is 0 Å². The molecule has 0 radical (unpaired) electrons. The van der Waals surface area contributed by atoms with Crippen LogP contribution >= 0.6 is 11.6 Å². The summed E-state index contributed by atoms with van der Waals surface area (Å²) in [6.45, 7) is 4.11. The van der Waals surface area contributed by atoms with Crippen molar-refractivity contribution in [3.05, 3.63) is 59.5 Å². The molecule has 5 nitrogen and oxygen atoms in total. The number of pyridine rings is 1. The maximum atomic E-state index is 14.1. The van der Waals surface area contributed by atoms with Crippen LogP contribution in [-0.4, -0.2) is 21.0 Å². The minimum atomic E-state index is -0.413. The molecule has 1 aromatic carbocycles. The van der Waals surface area contributed by atoms with Gasteiger partial charge in [0.15, 0.2) is 0 Å². The van der Waals surface area contributed by atoms with Crippen LogP contribution in [0.3, 0.4) is 0 Å². The molecule has 3 aromatic rings. The second-order valence-electron chi connectivity index (χ2n) is 5.88. The Morgan fingerprint density at radius 2 is 1.96 bits per heavy atom. The lowest BCUT2D eigenvalue weighted by Gasteiger charge is -2.14. The van der Waals surface area contributed by atoms with E-state index in [1.807, 2.05) is 25.1 Å². The Kier molecular flexibility index (Phi) is 5.63. The SMILES string of the molecule is CC[C@@H](C)Nc1nc(Nc2cc(Cl)ccc2F)cc(-c2ccccn2)n1. The third kappa shape index (κ3) is 4.46. The van der Waals surface area contributed by atoms with E-state index >= 15 is 0 Å². The maximum absolute atomic E-state index is 14.1. The van der Waals surface area contributed by atoms with E-state index in [0.29, 0.717) is 28.2 Å². The number of hydrogen-bond acceptors (Lipinski definition) is 5. The average molecular weight is 372 g/mol. The van der Waals surface area contributed by atoms with Gasteiger partial charge < -0.3 is 10.6 Å². The molecule has 0 aliphatic heterocycles. The van der Waals surface area contributed by atoms with Crippen molar-refractivity contribution in [1.82, 2.24) is 15.0 Å². The first-order valence-corrected chi connectivity index (χ1v) is 8.72. The monoisotopic (exact) mass is 371 g/mol. The van der Waals surface area contributed by atoms with Crippen molar-refractivity contribution in [2.75, 3.05) is 10.6 Å². The summed E-state index contributed by atoms with van der Waals surface area (Å²) in [5.74, 6) is 0.490. The van der Waals surface area contributed by atoms with Gasteiger partial charge in [-0.1, -0.05) is 24.6 Å². The number of nitrogens with one attached hydrogen (secondary N) is 2. The molecule has 2 N–H and O–H groups in total. The molecular weight excluding hydrogens is 353 g/mol. The number of halogens is 2. The predicted octanol–water partition coefficient (Wildman–Crippen LogP) is 5.29. The average Bonchev–Trinajstić information content (AvgIpc) is 2.65. The van der Waals surface area contributed by atoms with E-state index in [0.717, 1.165) is 6.42 Å². The molecule has 1 atom stereocenters. The van der Waals surface area contributed by atoms with Crippen molar-refractivity contribution in [3.63, 3.8) is 0 Å². The topological polar surface area (TPSA) is 62.7 Å². The summed E-state index contributed by atoms with van der Waals surface area (Å²) in [6.07, 6.45) is 2.62. The molecule has 7 heteroatoms. The van der Waals surface area contributed by atoms with Gasteiger partial charge in [0, 0.05) is 23.3 Å². The molecule has 26 heavy (non-hydrogen) atoms. The van der Waals surface area contributed by atoms with Crippen LogP contribution in [0.25, 0.3) is 11.4 Å². The number of anilines is 3. The van der Waals surface area contributed by atoms with Crippen LogP contribution in [0.4, 0.5) is 21.8 Å². The van der Waals surface area contributed by atoms with E-state index in [4.69, 9.17) is 11.6 Å². The standard InChI is InChI=1S/C19H19ClFN5/c1-3-12(2)23-19-25-17(15-6-4-5-9-22-15)11-18(26-19)24-16-10-13(20)7-8-14(16)21/h4-12H,3H2,1-2H3,(H2,23,24,25,26)/t12-/m1/s1. The molecule has 0 amide bonds. The summed E-state index contributed by atoms with van der Waals surface area (Å²) in [5, 5.41) is 6.66. The van der Waals surface area contributed by atoms with Crippen LogP contribution in [0, 0.1) is 5.82 Å². The zero-order valence-corrected chi connectivity index (χ0v) is 15.3. The third-order valence-corrected chi connectivity index (χ3v) is 4.07. The molecule has 0 unspecified atom stereocenters. The van der Waals surface area contributed by atoms with Crippen LogP contribution in [0.2, 0.25) is 5.02 Å². The van der Waals surface area contributed by atoms with Gasteiger partial charge in [-0.2, -0.15) is 4.98 Å². The van der Waals surface area contributed by atoms with E-state index < -0.39 is 5.82 Å². The highest BCUT2D eigenvalue weighted by molar-refractivity contribution is 6.30. The molecule has 3 rings (SSSR count). The lowest BCUT2D eigenvalue weighted by Crippen LogP contribution is -2.16. The Hall–Kier alpha value is -2.73. The first kappa shape index (κ1) is 18.1. The Morgan fingerprint density at radius 3 is 2.69 bits per heavy atom. The van der Waals surface area contributed by atoms with E-state index in [9.17, 15) is 4.39 Å². The lowest BCUT2D eigenvalue weighted by molar-refractivity contribution is 0.632. The summed E-state index contributed by atoms with van der Waals surface area (Å²) < 4.78 is 14.1. The fraction of sp³-hybridized carbons (Fsp3) is 0.211. The molecule has 134 valence electrons. The number of rotatable bonds is 6. The Balaban J connectivity index is 2.00. The molecule has 0 bridgehead atoms. The molecule has 2 aromatic heterocycles. The second kappa shape index (κ2) is 8.10. The minimum Gasteiger partial charge on any atom is -0.352 e. The van der Waals surface area contributed by atoms with Gasteiger partial charge >= 0.3 is 0 Å². The largest absolute Gasteiger partial charge is 0.352 e. The van der Waals surface area contributed by atoms with Gasteiger partial charge in [0.05, 0.1) is 17.1 Å². The van der Waals surface area contributed by atoms with Gasteiger partial charge in [-0.05, 0) is 43.7 Å². The number of nitrogens with zero attached hydrogens (tertiary/aromatic N) is 3. The Labute approximate surface area is 156 Å². The second-order valence-corrected chi connectivity index (χ2v) is 6.32. The molecule has 2 heterocycles. The van der Waals surface area contributed by atoms with E-state index in [1.165, 1.54) is 18.2 Å². The van der Waals surface area contributed by atoms with Crippen molar-refractivity contribution in [1.29, 1.82) is 0 Å². The lowest BCUT2D eigenvalue weighted by atomic mass is 10.2. The molecule has 0 aliphatic rings. The summed E-state index contributed by atoms with van der Waals surface area (Å²) in [6, 6.07) is 11.8. The van der Waals surface area contributed by atoms with Gasteiger partial charge in [0.1, 0.15) is 11.6 Å². The molecule has 0 fully saturated rings. The number of hydrogen-bond donors (Lipinski definition) is 2. The number of aromatic nitrogens is 3. The fourth-order valence-electron chi connectivity index (χ4n) is 2.28. The quantitative estimate of drug-likeness (QED) is 0.616. The number of benzene rings is 1. The molecule has 0 aliphatic carbocycles. The highest BCUT2D eigenvalue weighted by Crippen LogP contribution is 2.26. The fourth-order valence-corrected chi connectivity index (χ4v) is 2.45. The molecule has 0 saturated heterocycles. The maximum Gasteiger partial charge on any atom is 0.225 e. The van der Waals surface area contributed by atoms with Gasteiger partial charge in [0.2, 0.25) is 5.95 Å². The van der Waals surface area contributed by atoms with Crippen molar-refractivity contribution < 1.29 is 4.39 Å². The van der Waals surface area contributed by atoms with Crippen molar-refractivity contribution in [2.45, 2.75) is 26.3 Å². The van der Waals surface area contributed by atoms with Gasteiger partial charge in [0.25, 0.3) is 0 Å². The molecular formula is C19H19ClFN5. The zero-order valence-electron chi connectivity index (χ0n) is 14.5. The van der Waals surface area contributed by atoms with Crippen LogP contribution < -0.4 is 10.6 Å². The predicted molar refractivity (Wildman–Crippen MR) is 103 cm³/mol. The Morgan fingerprint density at radius 1 is 1.12 bits per heavy atom.